The Hall–Kier alpha value is -2.70. The maximum atomic E-state index is 13.0. The molecule has 0 radical (unpaired) electrons. The molecule has 0 unspecified atom stereocenters. The van der Waals surface area contributed by atoms with Crippen LogP contribution in [0.4, 0.5) is 4.39 Å². The number of aromatic nitrogens is 2. The molecule has 29 heavy (non-hydrogen) atoms. The van der Waals surface area contributed by atoms with Crippen molar-refractivity contribution in [2.75, 3.05) is 13.1 Å². The molecule has 1 aliphatic heterocycles. The molecule has 1 fully saturated rings. The normalized spacial score (nSPS) is 15.4. The summed E-state index contributed by atoms with van der Waals surface area (Å²) in [5, 5.41) is 7.40. The molecule has 7 heteroatoms. The summed E-state index contributed by atoms with van der Waals surface area (Å²) in [5.41, 5.74) is 2.21. The zero-order valence-corrected chi connectivity index (χ0v) is 17.5. The summed E-state index contributed by atoms with van der Waals surface area (Å²) >= 11 is 0. The molecule has 1 aromatic heterocycles. The number of carbonyl (C=O) groups is 2. The minimum absolute atomic E-state index is 0.0167. The Kier molecular flexibility index (Phi) is 6.05. The second kappa shape index (κ2) is 8.35. The van der Waals surface area contributed by atoms with Crippen LogP contribution in [0.2, 0.25) is 0 Å². The Morgan fingerprint density at radius 3 is 2.34 bits per heavy atom. The maximum absolute atomic E-state index is 13.0. The first-order valence-corrected chi connectivity index (χ1v) is 10.0. The van der Waals surface area contributed by atoms with Crippen molar-refractivity contribution in [2.24, 2.45) is 13.0 Å². The number of hydrogen-bond acceptors (Lipinski definition) is 3. The highest BCUT2D eigenvalue weighted by Crippen LogP contribution is 2.24. The molecular weight excluding hydrogens is 371 g/mol. The first-order valence-electron chi connectivity index (χ1n) is 10.0. The van der Waals surface area contributed by atoms with Gasteiger partial charge in [-0.25, -0.2) is 4.39 Å². The zero-order chi connectivity index (χ0) is 21.2. The van der Waals surface area contributed by atoms with Crippen molar-refractivity contribution in [3.8, 4) is 0 Å². The number of nitrogens with zero attached hydrogens (tertiary/aromatic N) is 3. The number of halogens is 1. The molecule has 0 bridgehead atoms. The van der Waals surface area contributed by atoms with Gasteiger partial charge in [0.2, 0.25) is 5.91 Å². The number of hydrogen-bond donors (Lipinski definition) is 1. The third kappa shape index (κ3) is 5.02. The highest BCUT2D eigenvalue weighted by Gasteiger charge is 2.30. The van der Waals surface area contributed by atoms with Crippen LogP contribution in [0.3, 0.4) is 0 Å². The molecule has 2 aromatic rings. The van der Waals surface area contributed by atoms with Crippen molar-refractivity contribution in [3.05, 3.63) is 53.1 Å². The maximum Gasteiger partial charge on any atom is 0.272 e. The second-order valence-corrected chi connectivity index (χ2v) is 8.70. The van der Waals surface area contributed by atoms with E-state index in [2.05, 4.69) is 31.2 Å². The first kappa shape index (κ1) is 21.0. The Labute approximate surface area is 171 Å². The van der Waals surface area contributed by atoms with Crippen LogP contribution in [0.25, 0.3) is 0 Å². The molecule has 2 heterocycles. The predicted octanol–water partition coefficient (Wildman–Crippen LogP) is 3.03. The third-order valence-electron chi connectivity index (χ3n) is 5.40. The molecule has 156 valence electrons. The van der Waals surface area contributed by atoms with Gasteiger partial charge in [0, 0.05) is 38.0 Å². The Balaban J connectivity index is 1.53. The summed E-state index contributed by atoms with van der Waals surface area (Å²) in [7, 11) is 1.79. The summed E-state index contributed by atoms with van der Waals surface area (Å²) in [6.07, 6.45) is 1.26. The monoisotopic (exact) mass is 400 g/mol. The number of nitrogens with one attached hydrogen (secondary N) is 1. The van der Waals surface area contributed by atoms with E-state index in [0.29, 0.717) is 38.2 Å². The highest BCUT2D eigenvalue weighted by atomic mass is 19.1. The molecule has 0 aliphatic carbocycles. The summed E-state index contributed by atoms with van der Waals surface area (Å²) in [6, 6.07) is 7.96. The number of likely N-dealkylation sites (tertiary alicyclic amines) is 1. The Morgan fingerprint density at radius 2 is 1.79 bits per heavy atom. The van der Waals surface area contributed by atoms with E-state index in [1.807, 2.05) is 6.07 Å². The Bertz CT molecular complexity index is 875. The van der Waals surface area contributed by atoms with Crippen molar-refractivity contribution in [1.82, 2.24) is 20.0 Å². The number of rotatable bonds is 4. The average Bonchev–Trinajstić information content (AvgIpc) is 3.09. The number of amides is 2. The van der Waals surface area contributed by atoms with Gasteiger partial charge in [0.1, 0.15) is 11.5 Å². The summed E-state index contributed by atoms with van der Waals surface area (Å²) < 4.78 is 14.6. The topological polar surface area (TPSA) is 67.2 Å². The fourth-order valence-corrected chi connectivity index (χ4v) is 3.48. The van der Waals surface area contributed by atoms with Crippen molar-refractivity contribution in [3.63, 3.8) is 0 Å². The van der Waals surface area contributed by atoms with E-state index in [-0.39, 0.29) is 29.0 Å². The van der Waals surface area contributed by atoms with Gasteiger partial charge in [-0.1, -0.05) is 32.9 Å². The molecular formula is C22H29FN4O2. The molecule has 0 saturated carbocycles. The largest absolute Gasteiger partial charge is 0.352 e. The lowest BCUT2D eigenvalue weighted by molar-refractivity contribution is -0.126. The van der Waals surface area contributed by atoms with Crippen LogP contribution in [0, 0.1) is 11.7 Å². The number of carbonyl (C=O) groups excluding carboxylic acids is 2. The summed E-state index contributed by atoms with van der Waals surface area (Å²) in [4.78, 5) is 27.2. The number of aryl methyl sites for hydroxylation is 1. The zero-order valence-electron chi connectivity index (χ0n) is 17.5. The van der Waals surface area contributed by atoms with Crippen LogP contribution in [0.15, 0.2) is 30.3 Å². The third-order valence-corrected chi connectivity index (χ3v) is 5.40. The van der Waals surface area contributed by atoms with E-state index in [4.69, 9.17) is 0 Å². The first-order chi connectivity index (χ1) is 13.6. The lowest BCUT2D eigenvalue weighted by Gasteiger charge is -2.31. The smallest absolute Gasteiger partial charge is 0.272 e. The van der Waals surface area contributed by atoms with Crippen LogP contribution >= 0.6 is 0 Å². The van der Waals surface area contributed by atoms with Gasteiger partial charge in [0.25, 0.3) is 5.91 Å². The van der Waals surface area contributed by atoms with Crippen LogP contribution in [-0.2, 0) is 23.8 Å². The van der Waals surface area contributed by atoms with Crippen molar-refractivity contribution >= 4 is 11.8 Å². The van der Waals surface area contributed by atoms with Gasteiger partial charge >= 0.3 is 0 Å². The van der Waals surface area contributed by atoms with Gasteiger partial charge in [-0.05, 0) is 36.6 Å². The molecule has 1 N–H and O–H groups in total. The SMILES string of the molecule is Cn1nc(C(C)(C)C)cc1C(=O)N1CCC(C(=O)NCc2ccc(F)cc2)CC1. The summed E-state index contributed by atoms with van der Waals surface area (Å²) in [6.45, 7) is 7.68. The highest BCUT2D eigenvalue weighted by molar-refractivity contribution is 5.93. The molecule has 2 amide bonds. The van der Waals surface area contributed by atoms with Crippen LogP contribution in [0.1, 0.15) is 55.4 Å². The number of benzene rings is 1. The predicted molar refractivity (Wildman–Crippen MR) is 109 cm³/mol. The van der Waals surface area contributed by atoms with E-state index >= 15 is 0 Å². The van der Waals surface area contributed by atoms with Crippen LogP contribution in [-0.4, -0.2) is 39.6 Å². The molecule has 6 nitrogen and oxygen atoms in total. The average molecular weight is 400 g/mol. The second-order valence-electron chi connectivity index (χ2n) is 8.70. The van der Waals surface area contributed by atoms with E-state index in [0.717, 1.165) is 11.3 Å². The quantitative estimate of drug-likeness (QED) is 0.858. The van der Waals surface area contributed by atoms with E-state index in [1.54, 1.807) is 28.8 Å². The van der Waals surface area contributed by atoms with Crippen molar-refractivity contribution in [2.45, 2.75) is 45.6 Å². The van der Waals surface area contributed by atoms with Crippen LogP contribution < -0.4 is 5.32 Å². The van der Waals surface area contributed by atoms with Gasteiger partial charge in [-0.3, -0.25) is 14.3 Å². The molecule has 1 aromatic carbocycles. The van der Waals surface area contributed by atoms with Gasteiger partial charge in [-0.2, -0.15) is 5.10 Å². The van der Waals surface area contributed by atoms with Crippen LogP contribution in [0.5, 0.6) is 0 Å². The standard InChI is InChI=1S/C22H29FN4O2/c1-22(2,3)19-13-18(26(4)25-19)21(29)27-11-9-16(10-12-27)20(28)24-14-15-5-7-17(23)8-6-15/h5-8,13,16H,9-12,14H2,1-4H3,(H,24,28). The Morgan fingerprint density at radius 1 is 1.17 bits per heavy atom. The van der Waals surface area contributed by atoms with Gasteiger partial charge in [-0.15, -0.1) is 0 Å². The molecule has 0 spiro atoms. The van der Waals surface area contributed by atoms with E-state index < -0.39 is 0 Å². The van der Waals surface area contributed by atoms with Crippen molar-refractivity contribution in [1.29, 1.82) is 0 Å². The molecule has 1 aliphatic rings. The fraction of sp³-hybridized carbons (Fsp3) is 0.500. The van der Waals surface area contributed by atoms with Gasteiger partial charge in [0.05, 0.1) is 5.69 Å². The van der Waals surface area contributed by atoms with Gasteiger partial charge < -0.3 is 10.2 Å². The number of piperidine rings is 1. The lowest BCUT2D eigenvalue weighted by Crippen LogP contribution is -2.43. The lowest BCUT2D eigenvalue weighted by atomic mass is 9.92. The molecule has 0 atom stereocenters. The van der Waals surface area contributed by atoms with Gasteiger partial charge in [0.15, 0.2) is 0 Å². The minimum atomic E-state index is -0.292. The summed E-state index contributed by atoms with van der Waals surface area (Å²) in [5.74, 6) is -0.464. The van der Waals surface area contributed by atoms with E-state index in [9.17, 15) is 14.0 Å². The van der Waals surface area contributed by atoms with E-state index in [1.165, 1.54) is 12.1 Å². The molecule has 1 saturated heterocycles. The molecule has 3 rings (SSSR count). The van der Waals surface area contributed by atoms with Crippen molar-refractivity contribution < 1.29 is 14.0 Å². The minimum Gasteiger partial charge on any atom is -0.352 e. The fourth-order valence-electron chi connectivity index (χ4n) is 3.48.